The maximum absolute atomic E-state index is 13.3. The van der Waals surface area contributed by atoms with Crippen molar-refractivity contribution in [1.29, 1.82) is 0 Å². The lowest BCUT2D eigenvalue weighted by Crippen LogP contribution is -2.36. The van der Waals surface area contributed by atoms with Crippen molar-refractivity contribution < 1.29 is 26.4 Å². The summed E-state index contributed by atoms with van der Waals surface area (Å²) in [4.78, 5) is 12.4. The van der Waals surface area contributed by atoms with E-state index in [2.05, 4.69) is 37.2 Å². The zero-order valence-corrected chi connectivity index (χ0v) is 16.8. The number of sulfonamides is 1. The third-order valence-electron chi connectivity index (χ3n) is 3.12. The largest absolute Gasteiger partial charge is 0.391 e. The van der Waals surface area contributed by atoms with Crippen LogP contribution in [0.1, 0.15) is 10.4 Å². The fourth-order valence-corrected chi connectivity index (χ4v) is 3.20. The van der Waals surface area contributed by atoms with Crippen molar-refractivity contribution >= 4 is 59.2 Å². The molecule has 1 amide bonds. The summed E-state index contributed by atoms with van der Waals surface area (Å²) in [6.07, 6.45) is 0. The van der Waals surface area contributed by atoms with Crippen molar-refractivity contribution in [1.82, 2.24) is 0 Å². The smallest absolute Gasteiger partial charge is 0.322 e. The highest BCUT2D eigenvalue weighted by atomic mass is 79.9. The van der Waals surface area contributed by atoms with Gasteiger partial charge in [-0.2, -0.15) is 8.78 Å². The molecule has 5 nitrogen and oxygen atoms in total. The highest BCUT2D eigenvalue weighted by molar-refractivity contribution is 9.10. The summed E-state index contributed by atoms with van der Waals surface area (Å²) >= 11 is 6.36. The van der Waals surface area contributed by atoms with Crippen LogP contribution in [-0.2, 0) is 10.0 Å². The zero-order valence-electron chi connectivity index (χ0n) is 12.8. The van der Waals surface area contributed by atoms with Gasteiger partial charge in [0.25, 0.3) is 5.91 Å². The predicted molar refractivity (Wildman–Crippen MR) is 99.7 cm³/mol. The Labute approximate surface area is 164 Å². The van der Waals surface area contributed by atoms with Gasteiger partial charge in [0, 0.05) is 14.6 Å². The number of hydrogen-bond acceptors (Lipinski definition) is 3. The maximum atomic E-state index is 13.3. The lowest BCUT2D eigenvalue weighted by Gasteiger charge is -2.17. The van der Waals surface area contributed by atoms with E-state index in [1.165, 1.54) is 12.1 Å². The lowest BCUT2D eigenvalue weighted by atomic mass is 10.1. The maximum Gasteiger partial charge on any atom is 0.391 e. The van der Waals surface area contributed by atoms with Gasteiger partial charge in [0.2, 0.25) is 0 Å². The molecule has 26 heavy (non-hydrogen) atoms. The molecule has 0 saturated carbocycles. The molecule has 2 rings (SSSR count). The van der Waals surface area contributed by atoms with Gasteiger partial charge in [0.1, 0.15) is 0 Å². The molecule has 0 atom stereocenters. The number of rotatable bonds is 6. The Bertz CT molecular complexity index is 922. The number of carbonyl (C=O) groups is 1. The highest BCUT2D eigenvalue weighted by Gasteiger charge is 2.45. The fourth-order valence-electron chi connectivity index (χ4n) is 1.82. The third-order valence-corrected chi connectivity index (χ3v) is 5.53. The first-order valence-corrected chi connectivity index (χ1v) is 9.95. The van der Waals surface area contributed by atoms with Crippen molar-refractivity contribution in [3.8, 4) is 0 Å². The molecule has 0 saturated heterocycles. The first-order chi connectivity index (χ1) is 12.1. The van der Waals surface area contributed by atoms with Gasteiger partial charge in [-0.3, -0.25) is 9.52 Å². The SMILES string of the molecule is O=C(Nc1ccc(Br)cc1)c1cc(Br)ccc1NS(=O)(=O)C(F)(F)CF. The average Bonchev–Trinajstić information content (AvgIpc) is 2.58. The van der Waals surface area contributed by atoms with E-state index in [1.54, 1.807) is 29.0 Å². The number of carbonyl (C=O) groups excluding carboxylic acids is 1. The second-order valence-corrected chi connectivity index (χ2v) is 8.67. The molecule has 0 fully saturated rings. The Morgan fingerprint density at radius 2 is 1.62 bits per heavy atom. The molecule has 0 aliphatic carbocycles. The summed E-state index contributed by atoms with van der Waals surface area (Å²) in [5, 5.41) is -2.11. The summed E-state index contributed by atoms with van der Waals surface area (Å²) in [6, 6.07) is 10.2. The Hall–Kier alpha value is -1.59. The molecule has 2 N–H and O–H groups in total. The van der Waals surface area contributed by atoms with Crippen molar-refractivity contribution in [3.05, 3.63) is 57.0 Å². The number of hydrogen-bond donors (Lipinski definition) is 2. The molecule has 0 aliphatic rings. The minimum atomic E-state index is -5.37. The minimum Gasteiger partial charge on any atom is -0.322 e. The molecule has 0 aromatic heterocycles. The van der Waals surface area contributed by atoms with Crippen LogP contribution in [0.3, 0.4) is 0 Å². The first kappa shape index (κ1) is 20.7. The van der Waals surface area contributed by atoms with Crippen molar-refractivity contribution in [2.45, 2.75) is 5.25 Å². The van der Waals surface area contributed by atoms with Crippen molar-refractivity contribution in [2.75, 3.05) is 16.7 Å². The summed E-state index contributed by atoms with van der Waals surface area (Å²) in [5.74, 6) is -0.741. The van der Waals surface area contributed by atoms with Gasteiger partial charge in [-0.25, -0.2) is 12.8 Å². The van der Waals surface area contributed by atoms with Gasteiger partial charge in [0.15, 0.2) is 6.67 Å². The van der Waals surface area contributed by atoms with Crippen LogP contribution in [0, 0.1) is 0 Å². The molecule has 2 aromatic carbocycles. The highest BCUT2D eigenvalue weighted by Crippen LogP contribution is 2.28. The monoisotopic (exact) mass is 514 g/mol. The third kappa shape index (κ3) is 4.77. The Morgan fingerprint density at radius 3 is 2.19 bits per heavy atom. The molecule has 140 valence electrons. The van der Waals surface area contributed by atoms with E-state index in [0.717, 1.165) is 10.5 Å². The van der Waals surface area contributed by atoms with Crippen LogP contribution in [-0.4, -0.2) is 26.3 Å². The Morgan fingerprint density at radius 1 is 1.04 bits per heavy atom. The van der Waals surface area contributed by atoms with E-state index in [9.17, 15) is 26.4 Å². The first-order valence-electron chi connectivity index (χ1n) is 6.88. The van der Waals surface area contributed by atoms with E-state index in [0.29, 0.717) is 10.2 Å². The van der Waals surface area contributed by atoms with E-state index >= 15 is 0 Å². The second kappa shape index (κ2) is 7.97. The number of halogens is 5. The topological polar surface area (TPSA) is 75.3 Å². The standard InChI is InChI=1S/C15H11Br2F3N2O3S/c16-9-1-4-11(5-2-9)21-14(23)12-7-10(17)3-6-13(12)22-26(24,25)15(19,20)8-18/h1-7,22H,8H2,(H,21,23). The molecule has 2 aromatic rings. The van der Waals surface area contributed by atoms with Crippen LogP contribution in [0.15, 0.2) is 51.4 Å². The van der Waals surface area contributed by atoms with E-state index < -0.39 is 33.5 Å². The van der Waals surface area contributed by atoms with Crippen LogP contribution >= 0.6 is 31.9 Å². The number of amides is 1. The van der Waals surface area contributed by atoms with Crippen LogP contribution in [0.4, 0.5) is 24.5 Å². The molecule has 0 radical (unpaired) electrons. The lowest BCUT2D eigenvalue weighted by molar-refractivity contribution is 0.0628. The van der Waals surface area contributed by atoms with E-state index in [4.69, 9.17) is 0 Å². The summed E-state index contributed by atoms with van der Waals surface area (Å²) < 4.78 is 65.0. The fraction of sp³-hybridized carbons (Fsp3) is 0.133. The van der Waals surface area contributed by atoms with Gasteiger partial charge in [-0.05, 0) is 42.5 Å². The van der Waals surface area contributed by atoms with Gasteiger partial charge >= 0.3 is 15.3 Å². The van der Waals surface area contributed by atoms with Gasteiger partial charge in [-0.15, -0.1) is 0 Å². The van der Waals surface area contributed by atoms with Crippen LogP contribution in [0.5, 0.6) is 0 Å². The summed E-state index contributed by atoms with van der Waals surface area (Å²) in [6.45, 7) is -2.39. The Kier molecular flexibility index (Phi) is 6.35. The Balaban J connectivity index is 2.35. The molecule has 11 heteroatoms. The summed E-state index contributed by atoms with van der Waals surface area (Å²) in [5.41, 5.74) is -0.225. The van der Waals surface area contributed by atoms with Crippen molar-refractivity contribution in [2.24, 2.45) is 0 Å². The zero-order chi connectivity index (χ0) is 19.5. The van der Waals surface area contributed by atoms with Crippen molar-refractivity contribution in [3.63, 3.8) is 0 Å². The van der Waals surface area contributed by atoms with Gasteiger partial charge in [0.05, 0.1) is 11.3 Å². The molecule has 0 bridgehead atoms. The predicted octanol–water partition coefficient (Wildman–Crippen LogP) is 4.77. The van der Waals surface area contributed by atoms with Gasteiger partial charge in [-0.1, -0.05) is 31.9 Å². The van der Waals surface area contributed by atoms with E-state index in [-0.39, 0.29) is 5.56 Å². The minimum absolute atomic E-state index is 0.222. The molecule has 0 unspecified atom stereocenters. The number of benzene rings is 2. The molecule has 0 aliphatic heterocycles. The van der Waals surface area contributed by atoms with Gasteiger partial charge < -0.3 is 5.32 Å². The second-order valence-electron chi connectivity index (χ2n) is 5.03. The number of anilines is 2. The molecular formula is C15H11Br2F3N2O3S. The van der Waals surface area contributed by atoms with Crippen LogP contribution in [0.25, 0.3) is 0 Å². The molecule has 0 spiro atoms. The summed E-state index contributed by atoms with van der Waals surface area (Å²) in [7, 11) is -5.37. The molecular weight excluding hydrogens is 505 g/mol. The van der Waals surface area contributed by atoms with Crippen LogP contribution in [0.2, 0.25) is 0 Å². The quantitative estimate of drug-likeness (QED) is 0.582. The van der Waals surface area contributed by atoms with Crippen LogP contribution < -0.4 is 10.0 Å². The number of nitrogens with one attached hydrogen (secondary N) is 2. The average molecular weight is 516 g/mol. The number of alkyl halides is 3. The normalized spacial score (nSPS) is 11.9. The molecule has 0 heterocycles. The van der Waals surface area contributed by atoms with E-state index in [1.807, 2.05) is 0 Å².